The second kappa shape index (κ2) is 12.5. The lowest BCUT2D eigenvalue weighted by Crippen LogP contribution is -2.48. The molecule has 0 heterocycles. The van der Waals surface area contributed by atoms with Crippen molar-refractivity contribution in [1.82, 2.24) is 16.0 Å². The number of rotatable bonds is 10. The smallest absolute Gasteiger partial charge is 0.407 e. The quantitative estimate of drug-likeness (QED) is 0.357. The number of esters is 1. The van der Waals surface area contributed by atoms with E-state index in [0.717, 1.165) is 27.8 Å². The maximum absolute atomic E-state index is 12.3. The fourth-order valence-electron chi connectivity index (χ4n) is 4.47. The third-order valence-corrected chi connectivity index (χ3v) is 6.29. The lowest BCUT2D eigenvalue weighted by molar-refractivity contribution is -0.145. The minimum atomic E-state index is -0.897. The number of methoxy groups -OCH3 is 1. The van der Waals surface area contributed by atoms with Crippen LogP contribution in [0.2, 0.25) is 0 Å². The summed E-state index contributed by atoms with van der Waals surface area (Å²) in [4.78, 5) is 48.8. The SMILES string of the molecule is COC(=O)[C@H](Cc1ccccc1)NC(=O)CNC(=O)CNC(=O)OCC1c2ccccc2-c2ccccc21. The van der Waals surface area contributed by atoms with Gasteiger partial charge in [-0.3, -0.25) is 9.59 Å². The lowest BCUT2D eigenvalue weighted by atomic mass is 9.98. The van der Waals surface area contributed by atoms with Crippen molar-refractivity contribution in [3.8, 4) is 11.1 Å². The molecule has 4 rings (SSSR count). The average molecular weight is 516 g/mol. The van der Waals surface area contributed by atoms with Crippen molar-refractivity contribution in [3.05, 3.63) is 95.6 Å². The van der Waals surface area contributed by atoms with Gasteiger partial charge in [-0.15, -0.1) is 0 Å². The fourth-order valence-corrected chi connectivity index (χ4v) is 4.47. The molecule has 0 bridgehead atoms. The van der Waals surface area contributed by atoms with Crippen LogP contribution in [0.25, 0.3) is 11.1 Å². The van der Waals surface area contributed by atoms with Gasteiger partial charge in [0.05, 0.1) is 13.7 Å². The Labute approximate surface area is 220 Å². The molecule has 1 atom stereocenters. The van der Waals surface area contributed by atoms with E-state index in [2.05, 4.69) is 16.0 Å². The van der Waals surface area contributed by atoms with Crippen LogP contribution in [0.4, 0.5) is 4.79 Å². The van der Waals surface area contributed by atoms with Crippen LogP contribution in [0, 0.1) is 0 Å². The molecule has 9 heteroatoms. The third kappa shape index (κ3) is 6.56. The van der Waals surface area contributed by atoms with E-state index in [1.54, 1.807) is 0 Å². The first-order valence-corrected chi connectivity index (χ1v) is 12.2. The normalized spacial score (nSPS) is 12.4. The highest BCUT2D eigenvalue weighted by Crippen LogP contribution is 2.44. The Balaban J connectivity index is 1.20. The molecule has 0 aromatic heterocycles. The van der Waals surface area contributed by atoms with E-state index in [-0.39, 0.29) is 32.0 Å². The predicted octanol–water partition coefficient (Wildman–Crippen LogP) is 2.54. The Morgan fingerprint density at radius 3 is 1.97 bits per heavy atom. The van der Waals surface area contributed by atoms with E-state index >= 15 is 0 Å². The molecule has 3 N–H and O–H groups in total. The Hall–Kier alpha value is -4.66. The van der Waals surface area contributed by atoms with Gasteiger partial charge in [0.2, 0.25) is 11.8 Å². The molecule has 3 amide bonds. The number of amides is 3. The van der Waals surface area contributed by atoms with E-state index in [4.69, 9.17) is 9.47 Å². The van der Waals surface area contributed by atoms with Crippen LogP contribution in [-0.4, -0.2) is 56.7 Å². The molecule has 0 radical (unpaired) electrons. The molecular weight excluding hydrogens is 486 g/mol. The monoisotopic (exact) mass is 515 g/mol. The summed E-state index contributed by atoms with van der Waals surface area (Å²) < 4.78 is 10.2. The van der Waals surface area contributed by atoms with Crippen molar-refractivity contribution >= 4 is 23.9 Å². The zero-order valence-corrected chi connectivity index (χ0v) is 20.9. The molecule has 3 aromatic carbocycles. The van der Waals surface area contributed by atoms with Gasteiger partial charge in [-0.2, -0.15) is 0 Å². The number of carbonyl (C=O) groups is 4. The summed E-state index contributed by atoms with van der Waals surface area (Å²) in [6.07, 6.45) is -0.489. The summed E-state index contributed by atoms with van der Waals surface area (Å²) >= 11 is 0. The molecule has 9 nitrogen and oxygen atoms in total. The van der Waals surface area contributed by atoms with Crippen LogP contribution in [0.1, 0.15) is 22.6 Å². The number of benzene rings is 3. The number of nitrogens with one attached hydrogen (secondary N) is 3. The highest BCUT2D eigenvalue weighted by molar-refractivity contribution is 5.89. The molecular formula is C29H29N3O6. The van der Waals surface area contributed by atoms with Crippen molar-refractivity contribution in [2.75, 3.05) is 26.8 Å². The van der Waals surface area contributed by atoms with Crippen LogP contribution in [-0.2, 0) is 30.3 Å². The minimum absolute atomic E-state index is 0.0932. The minimum Gasteiger partial charge on any atom is -0.467 e. The molecule has 1 aliphatic rings. The summed E-state index contributed by atoms with van der Waals surface area (Å²) in [5.41, 5.74) is 5.26. The molecule has 0 fully saturated rings. The van der Waals surface area contributed by atoms with Crippen molar-refractivity contribution in [2.24, 2.45) is 0 Å². The van der Waals surface area contributed by atoms with E-state index in [0.29, 0.717) is 0 Å². The Kier molecular flexibility index (Phi) is 8.71. The molecule has 0 spiro atoms. The number of hydrogen-bond acceptors (Lipinski definition) is 6. The lowest BCUT2D eigenvalue weighted by Gasteiger charge is -2.17. The first-order valence-electron chi connectivity index (χ1n) is 12.2. The number of alkyl carbamates (subject to hydrolysis) is 1. The van der Waals surface area contributed by atoms with Gasteiger partial charge in [0, 0.05) is 12.3 Å². The van der Waals surface area contributed by atoms with Gasteiger partial charge < -0.3 is 25.4 Å². The predicted molar refractivity (Wildman–Crippen MR) is 140 cm³/mol. The zero-order valence-electron chi connectivity index (χ0n) is 20.9. The van der Waals surface area contributed by atoms with Gasteiger partial charge in [0.1, 0.15) is 19.2 Å². The van der Waals surface area contributed by atoms with Crippen LogP contribution in [0.15, 0.2) is 78.9 Å². The average Bonchev–Trinajstić information content (AvgIpc) is 3.27. The van der Waals surface area contributed by atoms with Gasteiger partial charge in [-0.25, -0.2) is 9.59 Å². The standard InChI is InChI=1S/C29H29N3O6/c1-37-28(35)25(15-19-9-3-2-4-10-19)32-27(34)17-30-26(33)16-31-29(36)38-18-24-22-13-7-5-11-20(22)21-12-6-8-14-23(21)24/h2-14,24-25H,15-18H2,1H3,(H,30,33)(H,31,36)(H,32,34)/t25-/m0/s1. The van der Waals surface area contributed by atoms with Crippen molar-refractivity contribution in [3.63, 3.8) is 0 Å². The van der Waals surface area contributed by atoms with Crippen molar-refractivity contribution in [2.45, 2.75) is 18.4 Å². The molecule has 0 saturated carbocycles. The van der Waals surface area contributed by atoms with E-state index < -0.39 is 29.9 Å². The molecule has 196 valence electrons. The molecule has 38 heavy (non-hydrogen) atoms. The first kappa shape index (κ1) is 26.4. The van der Waals surface area contributed by atoms with Crippen molar-refractivity contribution in [1.29, 1.82) is 0 Å². The van der Waals surface area contributed by atoms with E-state index in [1.165, 1.54) is 7.11 Å². The summed E-state index contributed by atoms with van der Waals surface area (Å²) in [5, 5.41) is 7.38. The second-order valence-corrected chi connectivity index (χ2v) is 8.79. The molecule has 0 saturated heterocycles. The van der Waals surface area contributed by atoms with Gasteiger partial charge in [0.25, 0.3) is 0 Å². The summed E-state index contributed by atoms with van der Waals surface area (Å²) in [5.74, 6) is -1.83. The molecule has 0 unspecified atom stereocenters. The summed E-state index contributed by atoms with van der Waals surface area (Å²) in [6, 6.07) is 24.3. The number of ether oxygens (including phenoxy) is 2. The molecule has 3 aromatic rings. The van der Waals surface area contributed by atoms with Crippen molar-refractivity contribution < 1.29 is 28.7 Å². The van der Waals surface area contributed by atoms with Crippen LogP contribution < -0.4 is 16.0 Å². The van der Waals surface area contributed by atoms with E-state index in [9.17, 15) is 19.2 Å². The number of fused-ring (bicyclic) bond motifs is 3. The third-order valence-electron chi connectivity index (χ3n) is 6.29. The Bertz CT molecular complexity index is 1260. The van der Waals surface area contributed by atoms with Gasteiger partial charge in [0.15, 0.2) is 0 Å². The van der Waals surface area contributed by atoms with E-state index in [1.807, 2.05) is 78.9 Å². The van der Waals surface area contributed by atoms with Gasteiger partial charge in [-0.1, -0.05) is 78.9 Å². The fraction of sp³-hybridized carbons (Fsp3) is 0.241. The first-order chi connectivity index (χ1) is 18.5. The highest BCUT2D eigenvalue weighted by Gasteiger charge is 2.29. The number of carbonyl (C=O) groups excluding carboxylic acids is 4. The highest BCUT2D eigenvalue weighted by atomic mass is 16.5. The Morgan fingerprint density at radius 2 is 1.34 bits per heavy atom. The number of hydrogen-bond donors (Lipinski definition) is 3. The van der Waals surface area contributed by atoms with Crippen LogP contribution in [0.3, 0.4) is 0 Å². The van der Waals surface area contributed by atoms with Crippen LogP contribution >= 0.6 is 0 Å². The molecule has 1 aliphatic carbocycles. The summed E-state index contributed by atoms with van der Waals surface area (Å²) in [7, 11) is 1.24. The zero-order chi connectivity index (χ0) is 26.9. The van der Waals surface area contributed by atoms with Gasteiger partial charge >= 0.3 is 12.1 Å². The largest absolute Gasteiger partial charge is 0.467 e. The molecule has 0 aliphatic heterocycles. The van der Waals surface area contributed by atoms with Gasteiger partial charge in [-0.05, 0) is 27.8 Å². The maximum atomic E-state index is 12.3. The summed E-state index contributed by atoms with van der Waals surface area (Å²) in [6.45, 7) is -0.609. The Morgan fingerprint density at radius 1 is 0.763 bits per heavy atom. The van der Waals surface area contributed by atoms with Crippen LogP contribution in [0.5, 0.6) is 0 Å². The second-order valence-electron chi connectivity index (χ2n) is 8.79. The maximum Gasteiger partial charge on any atom is 0.407 e. The topological polar surface area (TPSA) is 123 Å².